The Balaban J connectivity index is 1.87. The molecular weight excluding hydrogens is 404 g/mol. The van der Waals surface area contributed by atoms with Crippen LogP contribution in [0.25, 0.3) is 10.8 Å². The van der Waals surface area contributed by atoms with Gasteiger partial charge in [0.05, 0.1) is 16.2 Å². The highest BCUT2D eigenvalue weighted by molar-refractivity contribution is 6.35. The van der Waals surface area contributed by atoms with E-state index in [1.54, 1.807) is 18.3 Å². The van der Waals surface area contributed by atoms with Gasteiger partial charge >= 0.3 is 0 Å². The van der Waals surface area contributed by atoms with Gasteiger partial charge in [0.15, 0.2) is 0 Å². The third-order valence-electron chi connectivity index (χ3n) is 5.59. The van der Waals surface area contributed by atoms with Gasteiger partial charge < -0.3 is 20.7 Å². The smallest absolute Gasteiger partial charge is 0.258 e. The van der Waals surface area contributed by atoms with E-state index in [1.807, 2.05) is 6.92 Å². The molecule has 1 aromatic carbocycles. The van der Waals surface area contributed by atoms with Crippen LogP contribution in [-0.2, 0) is 0 Å². The Kier molecular flexibility index (Phi) is 5.98. The average molecular weight is 428 g/mol. The lowest BCUT2D eigenvalue weighted by atomic mass is 9.82. The molecule has 2 aromatic rings. The molecular formula is C20H24ClF2N3O3. The van der Waals surface area contributed by atoms with Gasteiger partial charge in [0.1, 0.15) is 0 Å². The van der Waals surface area contributed by atoms with Crippen LogP contribution in [0.5, 0.6) is 0 Å². The normalized spacial score (nSPS) is 19.1. The molecule has 29 heavy (non-hydrogen) atoms. The number of nitrogens with one attached hydrogen (secondary N) is 1. The highest BCUT2D eigenvalue weighted by Gasteiger charge is 2.42. The first-order valence-electron chi connectivity index (χ1n) is 9.49. The summed E-state index contributed by atoms with van der Waals surface area (Å²) in [6, 6.07) is 4.43. The summed E-state index contributed by atoms with van der Waals surface area (Å²) in [5, 5.41) is 13.9. The quantitative estimate of drug-likeness (QED) is 0.683. The maximum Gasteiger partial charge on any atom is 0.258 e. The fourth-order valence-electron chi connectivity index (χ4n) is 3.60. The van der Waals surface area contributed by atoms with Crippen molar-refractivity contribution >= 4 is 28.3 Å². The number of halogens is 3. The van der Waals surface area contributed by atoms with E-state index >= 15 is 0 Å². The molecule has 1 aromatic heterocycles. The predicted octanol–water partition coefficient (Wildman–Crippen LogP) is 2.84. The summed E-state index contributed by atoms with van der Waals surface area (Å²) in [5.74, 6) is -3.36. The van der Waals surface area contributed by atoms with Gasteiger partial charge in [0.2, 0.25) is 5.92 Å². The van der Waals surface area contributed by atoms with Crippen LogP contribution in [0.4, 0.5) is 8.78 Å². The highest BCUT2D eigenvalue weighted by Crippen LogP contribution is 2.38. The fourth-order valence-corrected chi connectivity index (χ4v) is 3.85. The van der Waals surface area contributed by atoms with Crippen LogP contribution in [0.1, 0.15) is 49.0 Å². The predicted molar refractivity (Wildman–Crippen MR) is 108 cm³/mol. The van der Waals surface area contributed by atoms with Crippen LogP contribution in [0.15, 0.2) is 29.2 Å². The molecule has 1 heterocycles. The lowest BCUT2D eigenvalue weighted by molar-refractivity contribution is -0.101. The lowest BCUT2D eigenvalue weighted by Gasteiger charge is -2.35. The topological polar surface area (TPSA) is 97.3 Å². The zero-order valence-electron chi connectivity index (χ0n) is 16.1. The summed E-state index contributed by atoms with van der Waals surface area (Å²) < 4.78 is 28.2. The molecule has 1 aliphatic rings. The molecule has 0 aliphatic heterocycles. The van der Waals surface area contributed by atoms with E-state index in [2.05, 4.69) is 5.32 Å². The molecule has 0 unspecified atom stereocenters. The van der Waals surface area contributed by atoms with Crippen molar-refractivity contribution < 1.29 is 18.7 Å². The van der Waals surface area contributed by atoms with Crippen molar-refractivity contribution in [1.29, 1.82) is 0 Å². The SMILES string of the molecule is C[C@H](CN)n1ccc2c(C(=O)NCC3(O)CCC(F)(F)CC3)c(Cl)ccc2c1=O. The van der Waals surface area contributed by atoms with Crippen LogP contribution in [0.3, 0.4) is 0 Å². The monoisotopic (exact) mass is 427 g/mol. The summed E-state index contributed by atoms with van der Waals surface area (Å²) in [6.07, 6.45) is 0.503. The number of rotatable bonds is 5. The van der Waals surface area contributed by atoms with Crippen molar-refractivity contribution in [2.24, 2.45) is 5.73 Å². The van der Waals surface area contributed by atoms with E-state index in [9.17, 15) is 23.5 Å². The molecule has 3 rings (SSSR count). The number of amides is 1. The van der Waals surface area contributed by atoms with Crippen molar-refractivity contribution in [3.05, 3.63) is 45.3 Å². The van der Waals surface area contributed by atoms with Crippen molar-refractivity contribution in [3.8, 4) is 0 Å². The van der Waals surface area contributed by atoms with Crippen LogP contribution >= 0.6 is 11.6 Å². The number of benzene rings is 1. The third-order valence-corrected chi connectivity index (χ3v) is 5.91. The second-order valence-electron chi connectivity index (χ2n) is 7.76. The van der Waals surface area contributed by atoms with E-state index in [0.717, 1.165) is 0 Å². The van der Waals surface area contributed by atoms with Gasteiger partial charge in [0.25, 0.3) is 11.5 Å². The number of carbonyl (C=O) groups is 1. The number of carbonyl (C=O) groups excluding carboxylic acids is 1. The zero-order valence-corrected chi connectivity index (χ0v) is 16.8. The molecule has 6 nitrogen and oxygen atoms in total. The molecule has 1 amide bonds. The molecule has 1 fully saturated rings. The van der Waals surface area contributed by atoms with E-state index in [1.165, 1.54) is 10.6 Å². The van der Waals surface area contributed by atoms with E-state index < -0.39 is 30.3 Å². The van der Waals surface area contributed by atoms with Crippen LogP contribution in [0.2, 0.25) is 5.02 Å². The second kappa shape index (κ2) is 8.01. The van der Waals surface area contributed by atoms with Crippen molar-refractivity contribution in [2.75, 3.05) is 13.1 Å². The van der Waals surface area contributed by atoms with E-state index in [-0.39, 0.29) is 48.1 Å². The van der Waals surface area contributed by atoms with E-state index in [4.69, 9.17) is 17.3 Å². The van der Waals surface area contributed by atoms with Crippen molar-refractivity contribution in [1.82, 2.24) is 9.88 Å². The number of alkyl halides is 2. The molecule has 158 valence electrons. The minimum atomic E-state index is -2.78. The summed E-state index contributed by atoms with van der Waals surface area (Å²) in [4.78, 5) is 25.5. The summed E-state index contributed by atoms with van der Waals surface area (Å²) in [6.45, 7) is 1.92. The Bertz CT molecular complexity index is 983. The molecule has 1 aliphatic carbocycles. The standard InChI is InChI=1S/C20H24ClF2N3O3/c1-12(10-24)26-9-4-13-14(18(26)28)2-3-15(21)16(13)17(27)25-11-19(29)5-7-20(22,23)8-6-19/h2-4,9,12,29H,5-8,10-11,24H2,1H3,(H,25,27)/t12-/m1/s1. The Labute approximate surface area is 171 Å². The molecule has 0 spiro atoms. The Morgan fingerprint density at radius 2 is 1.93 bits per heavy atom. The van der Waals surface area contributed by atoms with Gasteiger partial charge in [-0.3, -0.25) is 9.59 Å². The second-order valence-corrected chi connectivity index (χ2v) is 8.17. The first-order valence-corrected chi connectivity index (χ1v) is 9.86. The molecule has 0 bridgehead atoms. The largest absolute Gasteiger partial charge is 0.388 e. The summed E-state index contributed by atoms with van der Waals surface area (Å²) in [5.41, 5.74) is 4.07. The fraction of sp³-hybridized carbons (Fsp3) is 0.500. The van der Waals surface area contributed by atoms with E-state index in [0.29, 0.717) is 10.8 Å². The van der Waals surface area contributed by atoms with Gasteiger partial charge in [-0.1, -0.05) is 11.6 Å². The summed E-state index contributed by atoms with van der Waals surface area (Å²) in [7, 11) is 0. The minimum Gasteiger partial charge on any atom is -0.388 e. The van der Waals surface area contributed by atoms with Crippen molar-refractivity contribution in [2.45, 2.75) is 50.2 Å². The number of nitrogens with zero attached hydrogens (tertiary/aromatic N) is 1. The number of aliphatic hydroxyl groups is 1. The number of aromatic nitrogens is 1. The maximum atomic E-state index is 13.3. The molecule has 0 saturated heterocycles. The first-order chi connectivity index (χ1) is 13.6. The zero-order chi connectivity index (χ0) is 21.4. The van der Waals surface area contributed by atoms with Crippen LogP contribution in [0, 0.1) is 0 Å². The number of hydrogen-bond donors (Lipinski definition) is 3. The molecule has 1 atom stereocenters. The molecule has 1 saturated carbocycles. The van der Waals surface area contributed by atoms with Crippen molar-refractivity contribution in [3.63, 3.8) is 0 Å². The number of pyridine rings is 1. The highest BCUT2D eigenvalue weighted by atomic mass is 35.5. The number of hydrogen-bond acceptors (Lipinski definition) is 4. The van der Waals surface area contributed by atoms with Gasteiger partial charge in [0, 0.05) is 48.9 Å². The average Bonchev–Trinajstić information content (AvgIpc) is 2.68. The van der Waals surface area contributed by atoms with Crippen LogP contribution in [-0.4, -0.2) is 40.2 Å². The number of fused-ring (bicyclic) bond motifs is 1. The Morgan fingerprint density at radius 1 is 1.28 bits per heavy atom. The molecule has 0 radical (unpaired) electrons. The Morgan fingerprint density at radius 3 is 2.55 bits per heavy atom. The summed E-state index contributed by atoms with van der Waals surface area (Å²) >= 11 is 6.22. The van der Waals surface area contributed by atoms with Gasteiger partial charge in [-0.25, -0.2) is 8.78 Å². The van der Waals surface area contributed by atoms with Gasteiger partial charge in [-0.2, -0.15) is 0 Å². The number of nitrogens with two attached hydrogens (primary N) is 1. The maximum absolute atomic E-state index is 13.3. The minimum absolute atomic E-state index is 0.106. The van der Waals surface area contributed by atoms with Gasteiger partial charge in [-0.15, -0.1) is 0 Å². The molecule has 4 N–H and O–H groups in total. The molecule has 9 heteroatoms. The lowest BCUT2D eigenvalue weighted by Crippen LogP contribution is -2.47. The third kappa shape index (κ3) is 4.44. The first kappa shape index (κ1) is 21.7. The van der Waals surface area contributed by atoms with Crippen LogP contribution < -0.4 is 16.6 Å². The Hall–Kier alpha value is -2.03. The van der Waals surface area contributed by atoms with Gasteiger partial charge in [-0.05, 0) is 38.0 Å².